The van der Waals surface area contributed by atoms with E-state index in [1.807, 2.05) is 0 Å². The quantitative estimate of drug-likeness (QED) is 0.547. The van der Waals surface area contributed by atoms with E-state index >= 15 is 0 Å². The van der Waals surface area contributed by atoms with Crippen LogP contribution in [0.4, 0.5) is 14.5 Å². The van der Waals surface area contributed by atoms with Gasteiger partial charge in [0, 0.05) is 30.6 Å². The molecular formula is C25H24F2N4O. The zero-order valence-corrected chi connectivity index (χ0v) is 17.8. The molecule has 1 aliphatic rings. The van der Waals surface area contributed by atoms with Crippen molar-refractivity contribution >= 4 is 17.3 Å². The number of benzene rings is 1. The monoisotopic (exact) mass is 434 g/mol. The Kier molecular flexibility index (Phi) is 6.63. The maximum absolute atomic E-state index is 13.4. The second-order valence-electron chi connectivity index (χ2n) is 7.79. The third kappa shape index (κ3) is 4.88. The first kappa shape index (κ1) is 21.7. The van der Waals surface area contributed by atoms with Crippen molar-refractivity contribution in [2.75, 3.05) is 6.54 Å². The van der Waals surface area contributed by atoms with E-state index in [-0.39, 0.29) is 17.6 Å². The Hall–Kier alpha value is -3.48. The number of halogens is 2. The average molecular weight is 434 g/mol. The average Bonchev–Trinajstić information content (AvgIpc) is 2.99. The predicted octanol–water partition coefficient (Wildman–Crippen LogP) is 5.14. The summed E-state index contributed by atoms with van der Waals surface area (Å²) in [4.78, 5) is 26.0. The molecule has 0 radical (unpaired) electrons. The van der Waals surface area contributed by atoms with Gasteiger partial charge in [-0.3, -0.25) is 14.8 Å². The van der Waals surface area contributed by atoms with Gasteiger partial charge in [-0.15, -0.1) is 0 Å². The molecule has 1 N–H and O–H groups in total. The molecule has 7 heteroatoms. The largest absolute Gasteiger partial charge is 0.352 e. The van der Waals surface area contributed by atoms with Gasteiger partial charge in [0.2, 0.25) is 5.95 Å². The normalized spacial score (nSPS) is 15.5. The molecule has 1 amide bonds. The highest BCUT2D eigenvalue weighted by molar-refractivity contribution is 6.06. The molecule has 3 aromatic rings. The standard InChI is InChI=1S/C25H24F2N4O/c1-2-17-5-8-21(18-3-6-19(26)7-4-18)31-24-20(11-14-29-23(17)24)25(32)30-13-10-16-9-12-28-22(27)15-16/h3-4,6-7,9,11-12,14-15,17H,2,5,8,10,13H2,1H3,(H,30,32). The summed E-state index contributed by atoms with van der Waals surface area (Å²) >= 11 is 0. The predicted molar refractivity (Wildman–Crippen MR) is 119 cm³/mol. The molecule has 32 heavy (non-hydrogen) atoms. The van der Waals surface area contributed by atoms with E-state index < -0.39 is 5.95 Å². The fraction of sp³-hybridized carbons (Fsp3) is 0.280. The van der Waals surface area contributed by atoms with Crippen LogP contribution in [-0.2, 0) is 6.42 Å². The molecule has 0 bridgehead atoms. The molecule has 164 valence electrons. The first-order chi connectivity index (χ1) is 15.5. The van der Waals surface area contributed by atoms with Crippen LogP contribution >= 0.6 is 0 Å². The Morgan fingerprint density at radius 3 is 2.62 bits per heavy atom. The second-order valence-corrected chi connectivity index (χ2v) is 7.79. The van der Waals surface area contributed by atoms with Gasteiger partial charge in [-0.2, -0.15) is 4.39 Å². The SMILES string of the molecule is CCC1CCC(c2ccc(F)cc2)=Nc2c(C(=O)NCCc3ccnc(F)c3)ccnc21. The van der Waals surface area contributed by atoms with Gasteiger partial charge in [0.05, 0.1) is 16.9 Å². The van der Waals surface area contributed by atoms with Crippen molar-refractivity contribution in [3.8, 4) is 0 Å². The number of rotatable bonds is 6. The lowest BCUT2D eigenvalue weighted by atomic mass is 9.93. The van der Waals surface area contributed by atoms with E-state index in [2.05, 4.69) is 22.2 Å². The van der Waals surface area contributed by atoms with Crippen LogP contribution in [0.15, 0.2) is 59.9 Å². The Morgan fingerprint density at radius 1 is 1.09 bits per heavy atom. The van der Waals surface area contributed by atoms with Gasteiger partial charge < -0.3 is 5.32 Å². The number of carbonyl (C=O) groups excluding carboxylic acids is 1. The highest BCUT2D eigenvalue weighted by Gasteiger charge is 2.25. The Labute approximate surface area is 185 Å². The fourth-order valence-electron chi connectivity index (χ4n) is 3.97. The zero-order chi connectivity index (χ0) is 22.5. The first-order valence-corrected chi connectivity index (χ1v) is 10.8. The molecule has 1 atom stereocenters. The first-order valence-electron chi connectivity index (χ1n) is 10.8. The van der Waals surface area contributed by atoms with E-state index in [1.165, 1.54) is 24.4 Å². The molecule has 3 heterocycles. The number of fused-ring (bicyclic) bond motifs is 1. The topological polar surface area (TPSA) is 67.2 Å². The van der Waals surface area contributed by atoms with Gasteiger partial charge in [0.15, 0.2) is 0 Å². The molecule has 0 spiro atoms. The number of hydrogen-bond donors (Lipinski definition) is 1. The van der Waals surface area contributed by atoms with E-state index in [0.29, 0.717) is 24.2 Å². The summed E-state index contributed by atoms with van der Waals surface area (Å²) in [6.45, 7) is 2.45. The van der Waals surface area contributed by atoms with E-state index in [0.717, 1.165) is 41.8 Å². The number of nitrogens with one attached hydrogen (secondary N) is 1. The van der Waals surface area contributed by atoms with Crippen LogP contribution in [-0.4, -0.2) is 28.1 Å². The van der Waals surface area contributed by atoms with Crippen LogP contribution in [0, 0.1) is 11.8 Å². The van der Waals surface area contributed by atoms with Gasteiger partial charge in [0.1, 0.15) is 5.82 Å². The van der Waals surface area contributed by atoms with E-state index in [9.17, 15) is 13.6 Å². The molecule has 0 saturated heterocycles. The molecule has 0 aliphatic carbocycles. The Bertz CT molecular complexity index is 1140. The molecule has 2 aromatic heterocycles. The highest BCUT2D eigenvalue weighted by atomic mass is 19.1. The maximum atomic E-state index is 13.4. The number of pyridine rings is 2. The maximum Gasteiger partial charge on any atom is 0.253 e. The number of amides is 1. The molecule has 1 aliphatic heterocycles. The smallest absolute Gasteiger partial charge is 0.253 e. The lowest BCUT2D eigenvalue weighted by molar-refractivity contribution is 0.0954. The highest BCUT2D eigenvalue weighted by Crippen LogP contribution is 2.37. The minimum atomic E-state index is -0.540. The molecule has 0 fully saturated rings. The van der Waals surface area contributed by atoms with E-state index in [1.54, 1.807) is 30.5 Å². The number of hydrogen-bond acceptors (Lipinski definition) is 4. The minimum absolute atomic E-state index is 0.180. The van der Waals surface area contributed by atoms with Crippen molar-refractivity contribution < 1.29 is 13.6 Å². The molecular weight excluding hydrogens is 410 g/mol. The van der Waals surface area contributed by atoms with Gasteiger partial charge >= 0.3 is 0 Å². The number of aliphatic imine (C=N–C) groups is 1. The van der Waals surface area contributed by atoms with Crippen molar-refractivity contribution in [2.24, 2.45) is 4.99 Å². The third-order valence-corrected chi connectivity index (χ3v) is 5.72. The summed E-state index contributed by atoms with van der Waals surface area (Å²) < 4.78 is 26.7. The Balaban J connectivity index is 1.61. The summed E-state index contributed by atoms with van der Waals surface area (Å²) in [5.41, 5.74) is 4.25. The molecule has 1 aromatic carbocycles. The summed E-state index contributed by atoms with van der Waals surface area (Å²) in [5, 5.41) is 2.90. The van der Waals surface area contributed by atoms with Gasteiger partial charge in [-0.1, -0.05) is 19.1 Å². The summed E-state index contributed by atoms with van der Waals surface area (Å²) in [6, 6.07) is 11.0. The fourth-order valence-corrected chi connectivity index (χ4v) is 3.97. The van der Waals surface area contributed by atoms with Crippen molar-refractivity contribution in [1.82, 2.24) is 15.3 Å². The van der Waals surface area contributed by atoms with Crippen LogP contribution in [0.25, 0.3) is 0 Å². The van der Waals surface area contributed by atoms with Crippen molar-refractivity contribution in [3.63, 3.8) is 0 Å². The van der Waals surface area contributed by atoms with Crippen LogP contribution in [0.2, 0.25) is 0 Å². The van der Waals surface area contributed by atoms with Crippen molar-refractivity contribution in [2.45, 2.75) is 38.5 Å². The lowest BCUT2D eigenvalue weighted by Gasteiger charge is -2.15. The second kappa shape index (κ2) is 9.77. The number of carbonyl (C=O) groups is 1. The van der Waals surface area contributed by atoms with Crippen LogP contribution in [0.3, 0.4) is 0 Å². The molecule has 0 saturated carbocycles. The molecule has 5 nitrogen and oxygen atoms in total. The van der Waals surface area contributed by atoms with Gasteiger partial charge in [-0.25, -0.2) is 9.37 Å². The minimum Gasteiger partial charge on any atom is -0.352 e. The summed E-state index contributed by atoms with van der Waals surface area (Å²) in [5.74, 6) is -0.913. The van der Waals surface area contributed by atoms with Crippen LogP contribution < -0.4 is 5.32 Å². The summed E-state index contributed by atoms with van der Waals surface area (Å²) in [7, 11) is 0. The van der Waals surface area contributed by atoms with Gasteiger partial charge in [0.25, 0.3) is 5.91 Å². The molecule has 1 unspecified atom stereocenters. The van der Waals surface area contributed by atoms with Crippen molar-refractivity contribution in [3.05, 3.63) is 89.0 Å². The van der Waals surface area contributed by atoms with Crippen molar-refractivity contribution in [1.29, 1.82) is 0 Å². The van der Waals surface area contributed by atoms with Crippen LogP contribution in [0.1, 0.15) is 59.3 Å². The number of nitrogens with zero attached hydrogens (tertiary/aromatic N) is 3. The summed E-state index contributed by atoms with van der Waals surface area (Å²) in [6.07, 6.45) is 5.99. The lowest BCUT2D eigenvalue weighted by Crippen LogP contribution is -2.26. The van der Waals surface area contributed by atoms with E-state index in [4.69, 9.17) is 4.99 Å². The number of aromatic nitrogens is 2. The zero-order valence-electron chi connectivity index (χ0n) is 17.8. The molecule has 4 rings (SSSR count). The van der Waals surface area contributed by atoms with Gasteiger partial charge in [-0.05, 0) is 67.1 Å². The Morgan fingerprint density at radius 2 is 1.88 bits per heavy atom. The van der Waals surface area contributed by atoms with Crippen LogP contribution in [0.5, 0.6) is 0 Å². The third-order valence-electron chi connectivity index (χ3n) is 5.72.